The number of piperidine rings is 1. The summed E-state index contributed by atoms with van der Waals surface area (Å²) in [4.78, 5) is 24.1. The van der Waals surface area contributed by atoms with E-state index in [-0.39, 0.29) is 17.8 Å². The van der Waals surface area contributed by atoms with Crippen molar-refractivity contribution in [2.45, 2.75) is 64.4 Å². The van der Waals surface area contributed by atoms with Crippen LogP contribution in [0.25, 0.3) is 0 Å². The van der Waals surface area contributed by atoms with Crippen LogP contribution in [-0.2, 0) is 10.9 Å². The van der Waals surface area contributed by atoms with E-state index in [4.69, 9.17) is 4.74 Å². The summed E-state index contributed by atoms with van der Waals surface area (Å²) in [6.07, 6.45) is -4.23. The average Bonchev–Trinajstić information content (AvgIpc) is 2.51. The summed E-state index contributed by atoms with van der Waals surface area (Å²) in [5.41, 5.74) is -2.13. The van der Waals surface area contributed by atoms with Crippen molar-refractivity contribution >= 4 is 17.5 Å². The summed E-state index contributed by atoms with van der Waals surface area (Å²) in [6.45, 7) is 7.42. The van der Waals surface area contributed by atoms with Crippen LogP contribution < -0.4 is 10.2 Å². The van der Waals surface area contributed by atoms with Gasteiger partial charge in [0.15, 0.2) is 0 Å². The van der Waals surface area contributed by atoms with E-state index in [0.717, 1.165) is 12.1 Å². The Hall–Kier alpha value is -2.52. The van der Waals surface area contributed by atoms with Crippen LogP contribution in [0.3, 0.4) is 0 Å². The monoisotopic (exact) mass is 403 g/mol. The first-order chi connectivity index (χ1) is 12.8. The van der Waals surface area contributed by atoms with Crippen molar-refractivity contribution in [2.24, 2.45) is 0 Å². The Morgan fingerprint density at radius 2 is 1.96 bits per heavy atom. The first-order valence-corrected chi connectivity index (χ1v) is 8.89. The maximum absolute atomic E-state index is 12.9. The molecule has 0 aliphatic carbocycles. The Morgan fingerprint density at radius 3 is 2.46 bits per heavy atom. The normalized spacial score (nSPS) is 20.6. The second-order valence-corrected chi connectivity index (χ2v) is 7.87. The molecule has 1 heterocycles. The quantitative estimate of drug-likeness (QED) is 0.594. The molecule has 0 bridgehead atoms. The molecule has 7 nitrogen and oxygen atoms in total. The van der Waals surface area contributed by atoms with E-state index >= 15 is 0 Å². The van der Waals surface area contributed by atoms with E-state index in [1.54, 1.807) is 25.7 Å². The first kappa shape index (κ1) is 21.8. The minimum Gasteiger partial charge on any atom is -0.444 e. The van der Waals surface area contributed by atoms with Gasteiger partial charge in [-0.3, -0.25) is 10.1 Å². The number of nitro groups is 1. The number of nitrogens with zero attached hydrogens (tertiary/aromatic N) is 2. The number of alkyl carbamates (subject to hydrolysis) is 1. The number of halogens is 3. The lowest BCUT2D eigenvalue weighted by Gasteiger charge is -2.39. The molecule has 0 radical (unpaired) electrons. The molecule has 1 aliphatic heterocycles. The molecule has 1 aromatic carbocycles. The summed E-state index contributed by atoms with van der Waals surface area (Å²) in [6, 6.07) is 2.14. The molecule has 0 aromatic heterocycles. The topological polar surface area (TPSA) is 84.7 Å². The number of nitrogens with one attached hydrogen (secondary N) is 1. The van der Waals surface area contributed by atoms with Crippen LogP contribution in [0.2, 0.25) is 0 Å². The van der Waals surface area contributed by atoms with Gasteiger partial charge in [-0.25, -0.2) is 4.79 Å². The number of anilines is 1. The largest absolute Gasteiger partial charge is 0.444 e. The first-order valence-electron chi connectivity index (χ1n) is 8.89. The van der Waals surface area contributed by atoms with Gasteiger partial charge in [0.2, 0.25) is 0 Å². The second kappa shape index (κ2) is 7.84. The number of alkyl halides is 3. The third-order valence-electron chi connectivity index (χ3n) is 4.41. The minimum absolute atomic E-state index is 0.140. The van der Waals surface area contributed by atoms with Crippen molar-refractivity contribution < 1.29 is 27.6 Å². The van der Waals surface area contributed by atoms with E-state index in [0.29, 0.717) is 25.5 Å². The summed E-state index contributed by atoms with van der Waals surface area (Å²) in [5, 5.41) is 14.1. The maximum Gasteiger partial charge on any atom is 0.416 e. The van der Waals surface area contributed by atoms with E-state index in [2.05, 4.69) is 5.32 Å². The van der Waals surface area contributed by atoms with E-state index in [9.17, 15) is 28.1 Å². The average molecular weight is 403 g/mol. The molecular formula is C18H24F3N3O4. The Balaban J connectivity index is 2.14. The Morgan fingerprint density at radius 1 is 1.32 bits per heavy atom. The smallest absolute Gasteiger partial charge is 0.416 e. The van der Waals surface area contributed by atoms with Gasteiger partial charge in [-0.1, -0.05) is 0 Å². The van der Waals surface area contributed by atoms with Crippen LogP contribution in [0.5, 0.6) is 0 Å². The molecule has 1 aliphatic rings. The molecule has 1 fully saturated rings. The van der Waals surface area contributed by atoms with Gasteiger partial charge in [-0.05, 0) is 52.7 Å². The van der Waals surface area contributed by atoms with Gasteiger partial charge in [0.1, 0.15) is 11.3 Å². The van der Waals surface area contributed by atoms with Crippen molar-refractivity contribution in [3.8, 4) is 0 Å². The molecule has 0 saturated carbocycles. The zero-order valence-corrected chi connectivity index (χ0v) is 16.2. The zero-order valence-electron chi connectivity index (χ0n) is 16.2. The number of carbonyl (C=O) groups excluding carboxylic acids is 1. The van der Waals surface area contributed by atoms with Gasteiger partial charge in [-0.15, -0.1) is 0 Å². The molecule has 1 amide bonds. The third-order valence-corrected chi connectivity index (χ3v) is 4.41. The Labute approximate surface area is 161 Å². The van der Waals surface area contributed by atoms with E-state index in [1.165, 1.54) is 0 Å². The Bertz CT molecular complexity index is 747. The number of rotatable bonds is 3. The summed E-state index contributed by atoms with van der Waals surface area (Å²) in [7, 11) is 0. The van der Waals surface area contributed by atoms with Crippen LogP contribution in [0.15, 0.2) is 18.2 Å². The maximum atomic E-state index is 12.9. The summed E-state index contributed by atoms with van der Waals surface area (Å²) < 4.78 is 43.9. The lowest BCUT2D eigenvalue weighted by molar-refractivity contribution is -0.384. The van der Waals surface area contributed by atoms with Crippen LogP contribution in [-0.4, -0.2) is 35.2 Å². The van der Waals surface area contributed by atoms with Crippen LogP contribution in [0, 0.1) is 10.1 Å². The second-order valence-electron chi connectivity index (χ2n) is 7.87. The number of hydrogen-bond donors (Lipinski definition) is 1. The number of amides is 1. The lowest BCUT2D eigenvalue weighted by Crippen LogP contribution is -2.50. The molecule has 156 valence electrons. The highest BCUT2D eigenvalue weighted by Gasteiger charge is 2.36. The van der Waals surface area contributed by atoms with Crippen LogP contribution >= 0.6 is 0 Å². The SMILES string of the molecule is CC1CC(NC(=O)OC(C)(C)C)CCN1c1ccc(C(F)(F)F)cc1[N+](=O)[O-]. The van der Waals surface area contributed by atoms with Gasteiger partial charge < -0.3 is 15.0 Å². The molecule has 28 heavy (non-hydrogen) atoms. The number of ether oxygens (including phenoxy) is 1. The van der Waals surface area contributed by atoms with Gasteiger partial charge >= 0.3 is 12.3 Å². The standard InChI is InChI=1S/C18H24F3N3O4/c1-11-9-13(22-16(25)28-17(2,3)4)7-8-23(11)14-6-5-12(18(19,20)21)10-15(14)24(26)27/h5-6,10-11,13H,7-9H2,1-4H3,(H,22,25). The number of carbonyl (C=O) groups is 1. The van der Waals surface area contributed by atoms with Gasteiger partial charge in [0.25, 0.3) is 5.69 Å². The molecule has 10 heteroatoms. The third kappa shape index (κ3) is 5.49. The number of benzene rings is 1. The Kier molecular flexibility index (Phi) is 6.10. The van der Waals surface area contributed by atoms with E-state index < -0.39 is 34.0 Å². The molecule has 2 unspecified atom stereocenters. The predicted octanol–water partition coefficient (Wildman–Crippen LogP) is 4.50. The van der Waals surface area contributed by atoms with Gasteiger partial charge in [0.05, 0.1) is 10.5 Å². The predicted molar refractivity (Wildman–Crippen MR) is 97.3 cm³/mol. The fourth-order valence-corrected chi connectivity index (χ4v) is 3.22. The summed E-state index contributed by atoms with van der Waals surface area (Å²) >= 11 is 0. The van der Waals surface area contributed by atoms with Gasteiger partial charge in [-0.2, -0.15) is 13.2 Å². The zero-order chi connectivity index (χ0) is 21.3. The minimum atomic E-state index is -4.65. The highest BCUT2D eigenvalue weighted by atomic mass is 19.4. The number of nitro benzene ring substituents is 1. The van der Waals surface area contributed by atoms with Crippen molar-refractivity contribution in [1.82, 2.24) is 5.32 Å². The van der Waals surface area contributed by atoms with Crippen LogP contribution in [0.1, 0.15) is 46.1 Å². The molecule has 1 N–H and O–H groups in total. The van der Waals surface area contributed by atoms with Gasteiger partial charge in [0, 0.05) is 24.7 Å². The molecule has 1 saturated heterocycles. The van der Waals surface area contributed by atoms with Crippen molar-refractivity contribution in [3.63, 3.8) is 0 Å². The summed E-state index contributed by atoms with van der Waals surface area (Å²) in [5.74, 6) is 0. The molecular weight excluding hydrogens is 379 g/mol. The van der Waals surface area contributed by atoms with Crippen molar-refractivity contribution in [2.75, 3.05) is 11.4 Å². The van der Waals surface area contributed by atoms with Crippen LogP contribution in [0.4, 0.5) is 29.3 Å². The molecule has 2 rings (SSSR count). The fraction of sp³-hybridized carbons (Fsp3) is 0.611. The number of hydrogen-bond acceptors (Lipinski definition) is 5. The highest BCUT2D eigenvalue weighted by Crippen LogP contribution is 2.38. The van der Waals surface area contributed by atoms with Crippen molar-refractivity contribution in [1.29, 1.82) is 0 Å². The highest BCUT2D eigenvalue weighted by molar-refractivity contribution is 5.68. The molecule has 1 aromatic rings. The molecule has 2 atom stereocenters. The lowest BCUT2D eigenvalue weighted by atomic mass is 9.97. The fourth-order valence-electron chi connectivity index (χ4n) is 3.22. The van der Waals surface area contributed by atoms with Crippen molar-refractivity contribution in [3.05, 3.63) is 33.9 Å². The van der Waals surface area contributed by atoms with E-state index in [1.807, 2.05) is 6.92 Å². The molecule has 0 spiro atoms.